The number of amides is 1. The van der Waals surface area contributed by atoms with E-state index in [4.69, 9.17) is 16.3 Å². The average Bonchev–Trinajstić information content (AvgIpc) is 2.95. The summed E-state index contributed by atoms with van der Waals surface area (Å²) >= 11 is 5.79. The Morgan fingerprint density at radius 1 is 1.40 bits per heavy atom. The Balaban J connectivity index is 1.62. The van der Waals surface area contributed by atoms with Crippen molar-refractivity contribution in [2.24, 2.45) is 11.8 Å². The molecule has 1 aromatic rings. The van der Waals surface area contributed by atoms with Crippen LogP contribution in [0, 0.1) is 11.8 Å². The molecule has 2 aliphatic rings. The maximum atomic E-state index is 12.6. The topological polar surface area (TPSA) is 29.5 Å². The van der Waals surface area contributed by atoms with Gasteiger partial charge in [0, 0.05) is 19.0 Å². The molecule has 2 unspecified atom stereocenters. The fourth-order valence-corrected chi connectivity index (χ4v) is 3.48. The van der Waals surface area contributed by atoms with Crippen LogP contribution < -0.4 is 4.74 Å². The standard InChI is InChI=1S/C16H20ClNO2/c17-7-5-12-6-8-18(10-12)16(19)14-9-13-3-1-2-4-15(13)20-11-14/h1-4,12,14H,5-11H2. The first-order valence-electron chi connectivity index (χ1n) is 7.33. The first kappa shape index (κ1) is 13.7. The van der Waals surface area contributed by atoms with Crippen molar-refractivity contribution in [2.75, 3.05) is 25.6 Å². The minimum absolute atomic E-state index is 0.0281. The highest BCUT2D eigenvalue weighted by Gasteiger charge is 2.33. The molecule has 3 nitrogen and oxygen atoms in total. The summed E-state index contributed by atoms with van der Waals surface area (Å²) in [5.74, 6) is 2.41. The monoisotopic (exact) mass is 293 g/mol. The van der Waals surface area contributed by atoms with Gasteiger partial charge in [-0.2, -0.15) is 0 Å². The van der Waals surface area contributed by atoms with Crippen molar-refractivity contribution >= 4 is 17.5 Å². The third-order valence-electron chi connectivity index (χ3n) is 4.34. The second-order valence-electron chi connectivity index (χ2n) is 5.74. The lowest BCUT2D eigenvalue weighted by molar-refractivity contribution is -0.135. The predicted molar refractivity (Wildman–Crippen MR) is 79.2 cm³/mol. The van der Waals surface area contributed by atoms with Crippen molar-refractivity contribution in [2.45, 2.75) is 19.3 Å². The van der Waals surface area contributed by atoms with Crippen molar-refractivity contribution in [3.05, 3.63) is 29.8 Å². The highest BCUT2D eigenvalue weighted by atomic mass is 35.5. The summed E-state index contributed by atoms with van der Waals surface area (Å²) < 4.78 is 5.72. The van der Waals surface area contributed by atoms with Gasteiger partial charge >= 0.3 is 0 Å². The minimum atomic E-state index is -0.0281. The molecule has 2 aliphatic heterocycles. The molecule has 2 heterocycles. The SMILES string of the molecule is O=C(C1COc2ccccc2C1)N1CCC(CCCl)C1. The Morgan fingerprint density at radius 3 is 3.10 bits per heavy atom. The van der Waals surface area contributed by atoms with Gasteiger partial charge in [-0.05, 0) is 36.8 Å². The number of rotatable bonds is 3. The number of carbonyl (C=O) groups is 1. The van der Waals surface area contributed by atoms with E-state index in [0.29, 0.717) is 18.4 Å². The lowest BCUT2D eigenvalue weighted by atomic mass is 9.95. The van der Waals surface area contributed by atoms with Gasteiger partial charge in [0.15, 0.2) is 0 Å². The van der Waals surface area contributed by atoms with Crippen molar-refractivity contribution in [3.8, 4) is 5.75 Å². The van der Waals surface area contributed by atoms with Gasteiger partial charge in [-0.1, -0.05) is 18.2 Å². The molecule has 0 spiro atoms. The first-order valence-corrected chi connectivity index (χ1v) is 7.87. The fourth-order valence-electron chi connectivity index (χ4n) is 3.17. The van der Waals surface area contributed by atoms with Crippen LogP contribution in [0.5, 0.6) is 5.75 Å². The maximum absolute atomic E-state index is 12.6. The van der Waals surface area contributed by atoms with E-state index < -0.39 is 0 Å². The molecule has 0 aromatic heterocycles. The van der Waals surface area contributed by atoms with E-state index in [1.807, 2.05) is 23.1 Å². The Morgan fingerprint density at radius 2 is 2.25 bits per heavy atom. The molecule has 0 radical (unpaired) electrons. The number of fused-ring (bicyclic) bond motifs is 1. The fraction of sp³-hybridized carbons (Fsp3) is 0.562. The maximum Gasteiger partial charge on any atom is 0.229 e. The smallest absolute Gasteiger partial charge is 0.229 e. The molecule has 2 atom stereocenters. The third-order valence-corrected chi connectivity index (χ3v) is 4.56. The van der Waals surface area contributed by atoms with Crippen LogP contribution in [-0.4, -0.2) is 36.4 Å². The molecule has 4 heteroatoms. The van der Waals surface area contributed by atoms with Gasteiger partial charge in [-0.25, -0.2) is 0 Å². The zero-order valence-electron chi connectivity index (χ0n) is 11.6. The zero-order chi connectivity index (χ0) is 13.9. The molecular weight excluding hydrogens is 274 g/mol. The third kappa shape index (κ3) is 2.78. The van der Waals surface area contributed by atoms with Crippen LogP contribution in [-0.2, 0) is 11.2 Å². The highest BCUT2D eigenvalue weighted by molar-refractivity contribution is 6.17. The number of likely N-dealkylation sites (tertiary alicyclic amines) is 1. The summed E-state index contributed by atoms with van der Waals surface area (Å²) in [6, 6.07) is 8.00. The van der Waals surface area contributed by atoms with Crippen LogP contribution in [0.2, 0.25) is 0 Å². The van der Waals surface area contributed by atoms with Gasteiger partial charge < -0.3 is 9.64 Å². The Kier molecular flexibility index (Phi) is 4.16. The van der Waals surface area contributed by atoms with Gasteiger partial charge in [-0.15, -0.1) is 11.6 Å². The van der Waals surface area contributed by atoms with Gasteiger partial charge in [0.2, 0.25) is 5.91 Å². The van der Waals surface area contributed by atoms with E-state index in [1.54, 1.807) is 0 Å². The van der Waals surface area contributed by atoms with Crippen molar-refractivity contribution in [1.82, 2.24) is 4.90 Å². The first-order chi connectivity index (χ1) is 9.78. The number of para-hydroxylation sites is 1. The van der Waals surface area contributed by atoms with Crippen LogP contribution in [0.15, 0.2) is 24.3 Å². The van der Waals surface area contributed by atoms with E-state index in [0.717, 1.165) is 43.7 Å². The number of carbonyl (C=O) groups excluding carboxylic acids is 1. The molecule has 3 rings (SSSR count). The number of alkyl halides is 1. The average molecular weight is 294 g/mol. The molecule has 1 saturated heterocycles. The zero-order valence-corrected chi connectivity index (χ0v) is 12.3. The molecule has 1 amide bonds. The van der Waals surface area contributed by atoms with Gasteiger partial charge in [-0.3, -0.25) is 4.79 Å². The number of halogens is 1. The molecule has 0 bridgehead atoms. The lowest BCUT2D eigenvalue weighted by Gasteiger charge is -2.28. The summed E-state index contributed by atoms with van der Waals surface area (Å²) in [5.41, 5.74) is 1.15. The molecule has 108 valence electrons. The highest BCUT2D eigenvalue weighted by Crippen LogP contribution is 2.29. The summed E-state index contributed by atoms with van der Waals surface area (Å²) in [4.78, 5) is 14.6. The van der Waals surface area contributed by atoms with E-state index in [2.05, 4.69) is 6.07 Å². The molecular formula is C16H20ClNO2. The lowest BCUT2D eigenvalue weighted by Crippen LogP contribution is -2.39. The Labute approximate surface area is 124 Å². The van der Waals surface area contributed by atoms with Gasteiger partial charge in [0.05, 0.1) is 5.92 Å². The molecule has 20 heavy (non-hydrogen) atoms. The second kappa shape index (κ2) is 6.04. The number of benzene rings is 1. The van der Waals surface area contributed by atoms with E-state index in [9.17, 15) is 4.79 Å². The molecule has 1 fully saturated rings. The predicted octanol–water partition coefficient (Wildman–Crippen LogP) is 2.72. The number of ether oxygens (including phenoxy) is 1. The van der Waals surface area contributed by atoms with Crippen LogP contribution in [0.25, 0.3) is 0 Å². The Bertz CT molecular complexity index is 491. The number of hydrogen-bond donors (Lipinski definition) is 0. The van der Waals surface area contributed by atoms with Crippen LogP contribution in [0.3, 0.4) is 0 Å². The van der Waals surface area contributed by atoms with Crippen molar-refractivity contribution < 1.29 is 9.53 Å². The normalized spacial score (nSPS) is 25.1. The molecule has 0 saturated carbocycles. The minimum Gasteiger partial charge on any atom is -0.492 e. The van der Waals surface area contributed by atoms with Crippen molar-refractivity contribution in [3.63, 3.8) is 0 Å². The van der Waals surface area contributed by atoms with Crippen LogP contribution >= 0.6 is 11.6 Å². The number of hydrogen-bond acceptors (Lipinski definition) is 2. The van der Waals surface area contributed by atoms with Gasteiger partial charge in [0.25, 0.3) is 0 Å². The van der Waals surface area contributed by atoms with Crippen molar-refractivity contribution in [1.29, 1.82) is 0 Å². The molecule has 0 N–H and O–H groups in total. The quantitative estimate of drug-likeness (QED) is 0.802. The van der Waals surface area contributed by atoms with E-state index >= 15 is 0 Å². The summed E-state index contributed by atoms with van der Waals surface area (Å²) in [6.07, 6.45) is 2.89. The number of nitrogens with zero attached hydrogens (tertiary/aromatic N) is 1. The largest absolute Gasteiger partial charge is 0.492 e. The van der Waals surface area contributed by atoms with Crippen LogP contribution in [0.4, 0.5) is 0 Å². The van der Waals surface area contributed by atoms with Crippen LogP contribution in [0.1, 0.15) is 18.4 Å². The van der Waals surface area contributed by atoms with E-state index in [1.165, 1.54) is 0 Å². The summed E-state index contributed by atoms with van der Waals surface area (Å²) in [6.45, 7) is 2.24. The van der Waals surface area contributed by atoms with E-state index in [-0.39, 0.29) is 11.8 Å². The summed E-state index contributed by atoms with van der Waals surface area (Å²) in [7, 11) is 0. The Hall–Kier alpha value is -1.22. The second-order valence-corrected chi connectivity index (χ2v) is 6.11. The summed E-state index contributed by atoms with van der Waals surface area (Å²) in [5, 5.41) is 0. The molecule has 1 aromatic carbocycles. The molecule has 0 aliphatic carbocycles. The van der Waals surface area contributed by atoms with Gasteiger partial charge in [0.1, 0.15) is 12.4 Å².